The molecule has 1 unspecified atom stereocenters. The molecule has 8 nitrogen and oxygen atoms in total. The number of ether oxygens (including phenoxy) is 2. The van der Waals surface area contributed by atoms with Crippen LogP contribution in [-0.2, 0) is 30.8 Å². The van der Waals surface area contributed by atoms with Crippen LogP contribution < -0.4 is 10.1 Å². The number of carbonyl (C=O) groups excluding carboxylic acids is 2. The van der Waals surface area contributed by atoms with Gasteiger partial charge in [0.1, 0.15) is 12.3 Å². The highest BCUT2D eigenvalue weighted by molar-refractivity contribution is 7.89. The number of carbonyl (C=O) groups is 2. The van der Waals surface area contributed by atoms with Crippen LogP contribution in [-0.4, -0.2) is 51.0 Å². The summed E-state index contributed by atoms with van der Waals surface area (Å²) in [6.45, 7) is 1.67. The van der Waals surface area contributed by atoms with E-state index in [9.17, 15) is 18.0 Å². The van der Waals surface area contributed by atoms with Crippen LogP contribution in [0.5, 0.6) is 5.75 Å². The summed E-state index contributed by atoms with van der Waals surface area (Å²) in [6, 6.07) is 10.3. The lowest BCUT2D eigenvalue weighted by molar-refractivity contribution is -0.131. The summed E-state index contributed by atoms with van der Waals surface area (Å²) in [7, 11) is -4.26. The Hall–Kier alpha value is -2.33. The van der Waals surface area contributed by atoms with Gasteiger partial charge in [0.05, 0.1) is 10.8 Å². The van der Waals surface area contributed by atoms with Gasteiger partial charge in [-0.15, -0.1) is 0 Å². The number of nitrogens with zero attached hydrogens (tertiary/aromatic N) is 1. The van der Waals surface area contributed by atoms with Crippen LogP contribution >= 0.6 is 23.2 Å². The van der Waals surface area contributed by atoms with Crippen molar-refractivity contribution >= 4 is 45.0 Å². The van der Waals surface area contributed by atoms with Gasteiger partial charge in [-0.25, -0.2) is 12.7 Å². The molecule has 32 heavy (non-hydrogen) atoms. The molecular weight excluding hydrogens is 479 g/mol. The Bertz CT molecular complexity index is 1090. The van der Waals surface area contributed by atoms with Gasteiger partial charge < -0.3 is 14.8 Å². The number of nitrogens with one attached hydrogen (secondary N) is 1. The Kier molecular flexibility index (Phi) is 8.00. The molecule has 0 aromatic heterocycles. The van der Waals surface area contributed by atoms with Crippen LogP contribution in [0, 0.1) is 5.92 Å². The summed E-state index contributed by atoms with van der Waals surface area (Å²) >= 11 is 12.0. The van der Waals surface area contributed by atoms with E-state index in [1.165, 1.54) is 24.3 Å². The predicted molar refractivity (Wildman–Crippen MR) is 119 cm³/mol. The Morgan fingerprint density at radius 1 is 1.09 bits per heavy atom. The average Bonchev–Trinajstić information content (AvgIpc) is 2.89. The molecule has 1 aliphatic rings. The van der Waals surface area contributed by atoms with Gasteiger partial charge in [0.2, 0.25) is 11.8 Å². The zero-order valence-corrected chi connectivity index (χ0v) is 19.5. The van der Waals surface area contributed by atoms with Gasteiger partial charge in [-0.05, 0) is 61.4 Å². The molecule has 1 N–H and O–H groups in total. The second-order valence-corrected chi connectivity index (χ2v) is 9.75. The number of halogens is 2. The van der Waals surface area contributed by atoms with E-state index < -0.39 is 34.3 Å². The first-order valence-corrected chi connectivity index (χ1v) is 12.0. The topological polar surface area (TPSA) is 102 Å². The SMILES string of the molecule is CCOCOc1ccc(Cl)cc1CC1CNC(=O)CN(S(=O)(=O)c2ccc(Cl)cc2)C1=O. The standard InChI is InChI=1S/C21H22Cl2N2O6S/c1-2-30-13-31-19-8-5-17(23)10-14(19)9-15-11-24-20(26)12-25(21(15)27)32(28,29)18-6-3-16(22)4-7-18/h3-8,10,15H,2,9,11-13H2,1H3,(H,24,26). The smallest absolute Gasteiger partial charge is 0.266 e. The van der Waals surface area contributed by atoms with E-state index in [0.29, 0.717) is 32.3 Å². The van der Waals surface area contributed by atoms with Crippen molar-refractivity contribution in [3.05, 3.63) is 58.1 Å². The van der Waals surface area contributed by atoms with E-state index in [-0.39, 0.29) is 24.7 Å². The molecule has 2 aromatic rings. The minimum atomic E-state index is -4.26. The second-order valence-electron chi connectivity index (χ2n) is 7.02. The number of benzene rings is 2. The molecule has 0 aliphatic carbocycles. The molecule has 172 valence electrons. The van der Waals surface area contributed by atoms with Crippen LogP contribution in [0.4, 0.5) is 0 Å². The molecule has 2 amide bonds. The van der Waals surface area contributed by atoms with Gasteiger partial charge in [0.25, 0.3) is 10.0 Å². The van der Waals surface area contributed by atoms with Gasteiger partial charge in [0, 0.05) is 23.2 Å². The fourth-order valence-corrected chi connectivity index (χ4v) is 4.92. The van der Waals surface area contributed by atoms with Crippen LogP contribution in [0.2, 0.25) is 10.0 Å². The Morgan fingerprint density at radius 3 is 2.47 bits per heavy atom. The first-order valence-electron chi connectivity index (χ1n) is 9.80. The lowest BCUT2D eigenvalue weighted by atomic mass is 9.98. The fourth-order valence-electron chi connectivity index (χ4n) is 3.19. The zero-order valence-electron chi connectivity index (χ0n) is 17.2. The van der Waals surface area contributed by atoms with Crippen LogP contribution in [0.1, 0.15) is 12.5 Å². The van der Waals surface area contributed by atoms with Crippen molar-refractivity contribution in [2.45, 2.75) is 18.2 Å². The van der Waals surface area contributed by atoms with Gasteiger partial charge in [-0.1, -0.05) is 23.2 Å². The highest BCUT2D eigenvalue weighted by Crippen LogP contribution is 2.28. The predicted octanol–water partition coefficient (Wildman–Crippen LogP) is 2.87. The Labute approximate surface area is 196 Å². The Morgan fingerprint density at radius 2 is 1.78 bits per heavy atom. The number of sulfonamides is 1. The molecule has 0 bridgehead atoms. The first-order chi connectivity index (χ1) is 15.2. The van der Waals surface area contributed by atoms with E-state index in [0.717, 1.165) is 0 Å². The van der Waals surface area contributed by atoms with Crippen LogP contribution in [0.3, 0.4) is 0 Å². The summed E-state index contributed by atoms with van der Waals surface area (Å²) < 4.78 is 37.7. The maximum Gasteiger partial charge on any atom is 0.266 e. The third kappa shape index (κ3) is 5.72. The lowest BCUT2D eigenvalue weighted by Crippen LogP contribution is -2.42. The highest BCUT2D eigenvalue weighted by atomic mass is 35.5. The molecule has 1 heterocycles. The number of amides is 2. The fraction of sp³-hybridized carbons (Fsp3) is 0.333. The van der Waals surface area contributed by atoms with Crippen LogP contribution in [0.25, 0.3) is 0 Å². The Balaban J connectivity index is 1.90. The van der Waals surface area contributed by atoms with Crippen molar-refractivity contribution in [2.75, 3.05) is 26.5 Å². The van der Waals surface area contributed by atoms with Gasteiger partial charge >= 0.3 is 0 Å². The van der Waals surface area contributed by atoms with E-state index in [2.05, 4.69) is 5.32 Å². The van der Waals surface area contributed by atoms with Crippen LogP contribution in [0.15, 0.2) is 47.4 Å². The zero-order chi connectivity index (χ0) is 23.3. The number of hydrogen-bond acceptors (Lipinski definition) is 6. The van der Waals surface area contributed by atoms with Gasteiger partial charge in [0.15, 0.2) is 6.79 Å². The molecule has 1 saturated heterocycles. The second kappa shape index (κ2) is 10.5. The monoisotopic (exact) mass is 500 g/mol. The van der Waals surface area contributed by atoms with Crippen molar-refractivity contribution in [3.63, 3.8) is 0 Å². The summed E-state index contributed by atoms with van der Waals surface area (Å²) in [5.74, 6) is -1.67. The molecule has 0 saturated carbocycles. The van der Waals surface area contributed by atoms with Gasteiger partial charge in [-0.3, -0.25) is 9.59 Å². The summed E-state index contributed by atoms with van der Waals surface area (Å²) in [5.41, 5.74) is 0.593. The van der Waals surface area contributed by atoms with Crippen molar-refractivity contribution in [1.82, 2.24) is 9.62 Å². The molecule has 2 aromatic carbocycles. The summed E-state index contributed by atoms with van der Waals surface area (Å²) in [5, 5.41) is 3.39. The summed E-state index contributed by atoms with van der Waals surface area (Å²) in [4.78, 5) is 25.3. The van der Waals surface area contributed by atoms with E-state index in [1.54, 1.807) is 18.2 Å². The summed E-state index contributed by atoms with van der Waals surface area (Å²) in [6.07, 6.45) is 0.105. The largest absolute Gasteiger partial charge is 0.467 e. The maximum absolute atomic E-state index is 13.3. The first kappa shape index (κ1) is 24.3. The molecule has 1 fully saturated rings. The molecule has 1 atom stereocenters. The van der Waals surface area contributed by atoms with Crippen molar-refractivity contribution in [2.24, 2.45) is 5.92 Å². The molecule has 0 spiro atoms. The third-order valence-corrected chi connectivity index (χ3v) is 7.06. The quantitative estimate of drug-likeness (QED) is 0.441. The van der Waals surface area contributed by atoms with Crippen molar-refractivity contribution < 1.29 is 27.5 Å². The number of rotatable bonds is 8. The minimum absolute atomic E-state index is 0.0115. The lowest BCUT2D eigenvalue weighted by Gasteiger charge is -2.23. The van der Waals surface area contributed by atoms with E-state index >= 15 is 0 Å². The van der Waals surface area contributed by atoms with Crippen molar-refractivity contribution in [1.29, 1.82) is 0 Å². The molecule has 3 rings (SSSR count). The maximum atomic E-state index is 13.3. The normalized spacial score (nSPS) is 17.1. The number of hydrogen-bond donors (Lipinski definition) is 1. The third-order valence-electron chi connectivity index (χ3n) is 4.82. The molecular formula is C21H22Cl2N2O6S. The molecule has 0 radical (unpaired) electrons. The highest BCUT2D eigenvalue weighted by Gasteiger charge is 2.38. The molecule has 11 heteroatoms. The van der Waals surface area contributed by atoms with Crippen molar-refractivity contribution in [3.8, 4) is 5.75 Å². The molecule has 1 aliphatic heterocycles. The average molecular weight is 501 g/mol. The minimum Gasteiger partial charge on any atom is -0.467 e. The van der Waals surface area contributed by atoms with E-state index in [1.807, 2.05) is 6.92 Å². The van der Waals surface area contributed by atoms with E-state index in [4.69, 9.17) is 32.7 Å². The van der Waals surface area contributed by atoms with Gasteiger partial charge in [-0.2, -0.15) is 0 Å².